The number of hydrazine groups is 2. The predicted molar refractivity (Wildman–Crippen MR) is 30.5 cm³/mol. The Hall–Kier alpha value is -0.120. The summed E-state index contributed by atoms with van der Waals surface area (Å²) < 4.78 is 0. The third-order valence-corrected chi connectivity index (χ3v) is 2.34. The molecule has 8 heavy (non-hydrogen) atoms. The fourth-order valence-corrected chi connectivity index (χ4v) is 1.37. The van der Waals surface area contributed by atoms with Gasteiger partial charge in [-0.2, -0.15) is 5.53 Å². The van der Waals surface area contributed by atoms with E-state index in [-0.39, 0.29) is 0 Å². The smallest absolute Gasteiger partial charge is 0.0288 e. The molecule has 0 saturated heterocycles. The van der Waals surface area contributed by atoms with E-state index in [1.807, 2.05) is 0 Å². The molecule has 2 fully saturated rings. The zero-order chi connectivity index (χ0) is 5.61. The lowest BCUT2D eigenvalue weighted by molar-refractivity contribution is 0.520. The summed E-state index contributed by atoms with van der Waals surface area (Å²) in [6, 6.07) is 0.687. The molecule has 0 aromatic heterocycles. The molecule has 1 unspecified atom stereocenters. The summed E-state index contributed by atoms with van der Waals surface area (Å²) in [4.78, 5) is 0. The minimum Gasteiger partial charge on any atom is -0.258 e. The van der Waals surface area contributed by atoms with Gasteiger partial charge in [0.15, 0.2) is 0 Å². The molecule has 2 saturated carbocycles. The molecule has 2 rings (SSSR count). The van der Waals surface area contributed by atoms with Gasteiger partial charge in [-0.15, -0.1) is 0 Å². The second-order valence-electron chi connectivity index (χ2n) is 2.91. The Balaban J connectivity index is 1.80. The molecule has 1 spiro atoms. The van der Waals surface area contributed by atoms with Crippen molar-refractivity contribution in [1.82, 2.24) is 11.0 Å². The van der Waals surface area contributed by atoms with E-state index in [4.69, 9.17) is 5.84 Å². The maximum Gasteiger partial charge on any atom is 0.0288 e. The first-order valence-electron chi connectivity index (χ1n) is 3.08. The summed E-state index contributed by atoms with van der Waals surface area (Å²) in [7, 11) is 0. The van der Waals surface area contributed by atoms with E-state index in [9.17, 15) is 0 Å². The Labute approximate surface area is 48.6 Å². The average molecular weight is 113 g/mol. The van der Waals surface area contributed by atoms with Gasteiger partial charge in [-0.1, -0.05) is 0 Å². The molecule has 0 aromatic carbocycles. The Kier molecular flexibility index (Phi) is 0.730. The van der Waals surface area contributed by atoms with E-state index in [0.717, 1.165) is 0 Å². The highest BCUT2D eigenvalue weighted by atomic mass is 15.5. The van der Waals surface area contributed by atoms with Crippen LogP contribution in [0.3, 0.4) is 0 Å². The first kappa shape index (κ1) is 4.73. The predicted octanol–water partition coefficient (Wildman–Crippen LogP) is -0.493. The lowest BCUT2D eigenvalue weighted by atomic mass is 10.4. The highest BCUT2D eigenvalue weighted by Crippen LogP contribution is 2.65. The van der Waals surface area contributed by atoms with Crippen molar-refractivity contribution in [1.29, 1.82) is 0 Å². The van der Waals surface area contributed by atoms with Crippen LogP contribution in [-0.2, 0) is 0 Å². The van der Waals surface area contributed by atoms with Gasteiger partial charge in [0, 0.05) is 6.04 Å². The van der Waals surface area contributed by atoms with Gasteiger partial charge in [-0.25, -0.2) is 5.43 Å². The van der Waals surface area contributed by atoms with Crippen LogP contribution in [0.5, 0.6) is 0 Å². The Morgan fingerprint density at radius 1 is 1.50 bits per heavy atom. The van der Waals surface area contributed by atoms with E-state index in [1.165, 1.54) is 19.3 Å². The Bertz CT molecular complexity index is 108. The number of hydrogen-bond donors (Lipinski definition) is 3. The monoisotopic (exact) mass is 113 g/mol. The van der Waals surface area contributed by atoms with Crippen molar-refractivity contribution in [3.63, 3.8) is 0 Å². The third kappa shape index (κ3) is 0.491. The van der Waals surface area contributed by atoms with Gasteiger partial charge in [0.05, 0.1) is 0 Å². The molecule has 2 aliphatic rings. The van der Waals surface area contributed by atoms with Gasteiger partial charge in [-0.05, 0) is 24.7 Å². The lowest BCUT2D eigenvalue weighted by Gasteiger charge is -1.96. The highest BCUT2D eigenvalue weighted by molar-refractivity contribution is 5.16. The minimum atomic E-state index is 0.687. The van der Waals surface area contributed by atoms with Gasteiger partial charge in [0.2, 0.25) is 0 Å². The fraction of sp³-hybridized carbons (Fsp3) is 1.00. The minimum absolute atomic E-state index is 0.687. The van der Waals surface area contributed by atoms with E-state index < -0.39 is 0 Å². The van der Waals surface area contributed by atoms with Crippen molar-refractivity contribution >= 4 is 0 Å². The molecule has 0 heterocycles. The van der Waals surface area contributed by atoms with E-state index in [2.05, 4.69) is 11.0 Å². The number of nitrogens with two attached hydrogens (primary N) is 1. The second kappa shape index (κ2) is 1.23. The number of rotatable bonds is 2. The number of hydrogen-bond acceptors (Lipinski definition) is 3. The van der Waals surface area contributed by atoms with Gasteiger partial charge in [0.1, 0.15) is 0 Å². The first-order valence-corrected chi connectivity index (χ1v) is 3.08. The summed E-state index contributed by atoms with van der Waals surface area (Å²) >= 11 is 0. The van der Waals surface area contributed by atoms with Gasteiger partial charge in [0.25, 0.3) is 0 Å². The maximum atomic E-state index is 5.06. The molecule has 2 aliphatic carbocycles. The second-order valence-corrected chi connectivity index (χ2v) is 2.91. The quantitative estimate of drug-likeness (QED) is 0.334. The van der Waals surface area contributed by atoms with Crippen molar-refractivity contribution in [2.24, 2.45) is 11.3 Å². The zero-order valence-electron chi connectivity index (χ0n) is 4.78. The van der Waals surface area contributed by atoms with Crippen molar-refractivity contribution < 1.29 is 0 Å². The molecule has 46 valence electrons. The van der Waals surface area contributed by atoms with Crippen LogP contribution in [0.1, 0.15) is 19.3 Å². The van der Waals surface area contributed by atoms with Crippen LogP contribution < -0.4 is 16.8 Å². The molecule has 0 aromatic rings. The SMILES string of the molecule is NNNC1CC12CC2. The molecular weight excluding hydrogens is 102 g/mol. The van der Waals surface area contributed by atoms with Gasteiger partial charge < -0.3 is 0 Å². The van der Waals surface area contributed by atoms with Crippen LogP contribution in [0.2, 0.25) is 0 Å². The average Bonchev–Trinajstić information content (AvgIpc) is 2.57. The lowest BCUT2D eigenvalue weighted by Crippen LogP contribution is -2.40. The number of nitrogens with one attached hydrogen (secondary N) is 2. The summed E-state index contributed by atoms with van der Waals surface area (Å²) in [5.41, 5.74) is 6.19. The van der Waals surface area contributed by atoms with Crippen molar-refractivity contribution in [3.8, 4) is 0 Å². The van der Waals surface area contributed by atoms with E-state index in [0.29, 0.717) is 11.5 Å². The summed E-state index contributed by atoms with van der Waals surface area (Å²) in [5, 5.41) is 0. The molecule has 0 amide bonds. The van der Waals surface area contributed by atoms with Crippen LogP contribution in [0.15, 0.2) is 0 Å². The molecule has 0 bridgehead atoms. The van der Waals surface area contributed by atoms with Crippen LogP contribution in [-0.4, -0.2) is 6.04 Å². The standard InChI is InChI=1S/C5H11N3/c6-8-7-4-3-5(4)1-2-5/h4,7-8H,1-3,6H2. The fourth-order valence-electron chi connectivity index (χ4n) is 1.37. The molecule has 0 radical (unpaired) electrons. The summed E-state index contributed by atoms with van der Waals surface area (Å²) in [6.45, 7) is 0. The summed E-state index contributed by atoms with van der Waals surface area (Å²) in [5.74, 6) is 5.06. The third-order valence-electron chi connectivity index (χ3n) is 2.34. The van der Waals surface area contributed by atoms with Crippen LogP contribution >= 0.6 is 0 Å². The largest absolute Gasteiger partial charge is 0.258 e. The molecule has 1 atom stereocenters. The van der Waals surface area contributed by atoms with Crippen molar-refractivity contribution in [3.05, 3.63) is 0 Å². The highest BCUT2D eigenvalue weighted by Gasteiger charge is 2.62. The molecular formula is C5H11N3. The maximum absolute atomic E-state index is 5.06. The molecule has 4 N–H and O–H groups in total. The first-order chi connectivity index (χ1) is 3.87. The molecule has 0 aliphatic heterocycles. The van der Waals surface area contributed by atoms with Gasteiger partial charge in [-0.3, -0.25) is 5.84 Å². The van der Waals surface area contributed by atoms with Gasteiger partial charge >= 0.3 is 0 Å². The molecule has 3 nitrogen and oxygen atoms in total. The van der Waals surface area contributed by atoms with Crippen molar-refractivity contribution in [2.45, 2.75) is 25.3 Å². The topological polar surface area (TPSA) is 50.1 Å². The summed E-state index contributed by atoms with van der Waals surface area (Å²) in [6.07, 6.45) is 4.15. The van der Waals surface area contributed by atoms with E-state index in [1.54, 1.807) is 0 Å². The Morgan fingerprint density at radius 3 is 2.62 bits per heavy atom. The normalized spacial score (nSPS) is 37.9. The zero-order valence-corrected chi connectivity index (χ0v) is 4.78. The Morgan fingerprint density at radius 2 is 2.25 bits per heavy atom. The molecule has 3 heteroatoms. The van der Waals surface area contributed by atoms with E-state index >= 15 is 0 Å². The van der Waals surface area contributed by atoms with Crippen LogP contribution in [0, 0.1) is 5.41 Å². The van der Waals surface area contributed by atoms with Crippen molar-refractivity contribution in [2.75, 3.05) is 0 Å². The van der Waals surface area contributed by atoms with Crippen LogP contribution in [0.4, 0.5) is 0 Å². The van der Waals surface area contributed by atoms with Crippen LogP contribution in [0.25, 0.3) is 0 Å².